The average Bonchev–Trinajstić information content (AvgIpc) is 3.02. The summed E-state index contributed by atoms with van der Waals surface area (Å²) in [6, 6.07) is 9.19. The number of carbonyl (C=O) groups excluding carboxylic acids is 1. The molecule has 1 unspecified atom stereocenters. The zero-order chi connectivity index (χ0) is 14.7. The van der Waals surface area contributed by atoms with E-state index in [9.17, 15) is 9.90 Å². The minimum atomic E-state index is -0.591. The molecular weight excluding hydrogens is 268 g/mol. The molecule has 2 heterocycles. The molecule has 0 fully saturated rings. The topological polar surface area (TPSA) is 66.6 Å². The molecule has 5 heteroatoms. The van der Waals surface area contributed by atoms with Gasteiger partial charge in [-0.2, -0.15) is 0 Å². The van der Waals surface area contributed by atoms with E-state index in [-0.39, 0.29) is 12.3 Å². The van der Waals surface area contributed by atoms with E-state index in [0.29, 0.717) is 18.7 Å². The summed E-state index contributed by atoms with van der Waals surface area (Å²) in [5.41, 5.74) is 2.45. The Hall–Kier alpha value is -2.24. The van der Waals surface area contributed by atoms with Gasteiger partial charge in [0.1, 0.15) is 6.26 Å². The summed E-state index contributed by atoms with van der Waals surface area (Å²) in [7, 11) is 0. The monoisotopic (exact) mass is 284 g/mol. The second-order valence-corrected chi connectivity index (χ2v) is 5.13. The Bertz CT molecular complexity index is 635. The first kappa shape index (κ1) is 13.7. The van der Waals surface area contributed by atoms with Crippen molar-refractivity contribution < 1.29 is 14.4 Å². The summed E-state index contributed by atoms with van der Waals surface area (Å²) in [5, 5.41) is 13.6. The lowest BCUT2D eigenvalue weighted by Crippen LogP contribution is -2.40. The highest BCUT2D eigenvalue weighted by molar-refractivity contribution is 5.97. The van der Waals surface area contributed by atoms with Gasteiger partial charge in [-0.1, -0.05) is 35.5 Å². The van der Waals surface area contributed by atoms with Gasteiger partial charge in [0.05, 0.1) is 18.8 Å². The molecule has 1 aromatic carbocycles. The number of benzene rings is 1. The summed E-state index contributed by atoms with van der Waals surface area (Å²) in [6.07, 6.45) is 4.35. The quantitative estimate of drug-likeness (QED) is 0.864. The third kappa shape index (κ3) is 3.26. The van der Waals surface area contributed by atoms with Gasteiger partial charge in [-0.15, -0.1) is 0 Å². The van der Waals surface area contributed by atoms with Crippen molar-refractivity contribution in [3.8, 4) is 0 Å². The first-order valence-electron chi connectivity index (χ1n) is 6.81. The summed E-state index contributed by atoms with van der Waals surface area (Å²) >= 11 is 0. The maximum absolute atomic E-state index is 12.2. The number of carbonyl (C=O) groups is 1. The number of nitrogens with zero attached hydrogens (tertiary/aromatic N) is 2. The van der Waals surface area contributed by atoms with Crippen LogP contribution in [0.3, 0.4) is 0 Å². The van der Waals surface area contributed by atoms with E-state index in [1.807, 2.05) is 23.1 Å². The lowest BCUT2D eigenvalue weighted by Gasteiger charge is -2.29. The Kier molecular flexibility index (Phi) is 3.94. The van der Waals surface area contributed by atoms with Gasteiger partial charge in [0, 0.05) is 24.2 Å². The van der Waals surface area contributed by atoms with E-state index in [2.05, 4.69) is 5.16 Å². The van der Waals surface area contributed by atoms with Crippen molar-refractivity contribution in [3.05, 3.63) is 60.0 Å². The molecule has 1 N–H and O–H groups in total. The predicted octanol–water partition coefficient (Wildman–Crippen LogP) is 1.62. The molecule has 0 aliphatic carbocycles. The molecule has 0 bridgehead atoms. The first-order valence-corrected chi connectivity index (χ1v) is 6.81. The van der Waals surface area contributed by atoms with E-state index in [1.165, 1.54) is 0 Å². The van der Waals surface area contributed by atoms with Crippen LogP contribution in [0.2, 0.25) is 0 Å². The fourth-order valence-electron chi connectivity index (χ4n) is 2.50. The van der Waals surface area contributed by atoms with Crippen LogP contribution >= 0.6 is 0 Å². The molecule has 1 aliphatic rings. The van der Waals surface area contributed by atoms with Crippen LogP contribution in [0.4, 0.5) is 0 Å². The van der Waals surface area contributed by atoms with Crippen molar-refractivity contribution in [2.24, 2.45) is 0 Å². The van der Waals surface area contributed by atoms with Gasteiger partial charge in [0.25, 0.3) is 0 Å². The first-order chi connectivity index (χ1) is 10.2. The molecule has 5 nitrogen and oxygen atoms in total. The number of hydrogen-bond acceptors (Lipinski definition) is 5. The number of aromatic nitrogens is 1. The van der Waals surface area contributed by atoms with Gasteiger partial charge in [0.2, 0.25) is 0 Å². The minimum Gasteiger partial charge on any atom is -0.388 e. The molecule has 0 spiro atoms. The van der Waals surface area contributed by atoms with Gasteiger partial charge in [-0.25, -0.2) is 0 Å². The van der Waals surface area contributed by atoms with Crippen molar-refractivity contribution in [1.82, 2.24) is 10.1 Å². The Morgan fingerprint density at radius 1 is 1.38 bits per heavy atom. The summed E-state index contributed by atoms with van der Waals surface area (Å²) in [6.45, 7) is 1.33. The zero-order valence-electron chi connectivity index (χ0n) is 11.5. The average molecular weight is 284 g/mol. The standard InChI is InChI=1S/C16H16N2O3/c19-15-6-13(14-7-17-21-11-14)8-18(9-15)10-16(20)12-4-2-1-3-5-12/h1-7,11,15,19H,8-10H2. The fourth-order valence-corrected chi connectivity index (χ4v) is 2.50. The lowest BCUT2D eigenvalue weighted by atomic mass is 10.0. The number of β-amino-alcohol motifs (C(OH)–C–C–N with tert-alkyl or cyclic N) is 1. The summed E-state index contributed by atoms with van der Waals surface area (Å²) in [5.74, 6) is 0.0503. The van der Waals surface area contributed by atoms with Crippen molar-refractivity contribution >= 4 is 11.4 Å². The molecule has 0 saturated heterocycles. The van der Waals surface area contributed by atoms with Crippen LogP contribution in [0, 0.1) is 0 Å². The molecule has 1 atom stereocenters. The largest absolute Gasteiger partial charge is 0.388 e. The lowest BCUT2D eigenvalue weighted by molar-refractivity contribution is 0.0893. The fraction of sp³-hybridized carbons (Fsp3) is 0.250. The van der Waals surface area contributed by atoms with Gasteiger partial charge < -0.3 is 9.63 Å². The molecule has 0 saturated carbocycles. The Balaban J connectivity index is 1.70. The number of ketones is 1. The summed E-state index contributed by atoms with van der Waals surface area (Å²) < 4.78 is 4.83. The Morgan fingerprint density at radius 2 is 2.19 bits per heavy atom. The number of aliphatic hydroxyl groups excluding tert-OH is 1. The van der Waals surface area contributed by atoms with E-state index >= 15 is 0 Å². The van der Waals surface area contributed by atoms with E-state index in [1.54, 1.807) is 30.7 Å². The molecule has 3 rings (SSSR count). The molecule has 1 aliphatic heterocycles. The van der Waals surface area contributed by atoms with Crippen LogP contribution in [0.5, 0.6) is 0 Å². The summed E-state index contributed by atoms with van der Waals surface area (Å²) in [4.78, 5) is 14.2. The number of hydrogen-bond donors (Lipinski definition) is 1. The Labute approximate surface area is 122 Å². The van der Waals surface area contributed by atoms with Crippen LogP contribution in [-0.2, 0) is 0 Å². The highest BCUT2D eigenvalue weighted by Crippen LogP contribution is 2.20. The van der Waals surface area contributed by atoms with E-state index in [0.717, 1.165) is 11.1 Å². The molecule has 0 amide bonds. The number of Topliss-reactive ketones (excluding diaryl/α,β-unsaturated/α-hetero) is 1. The maximum Gasteiger partial charge on any atom is 0.176 e. The highest BCUT2D eigenvalue weighted by Gasteiger charge is 2.22. The molecular formula is C16H16N2O3. The van der Waals surface area contributed by atoms with Crippen LogP contribution < -0.4 is 0 Å². The van der Waals surface area contributed by atoms with Gasteiger partial charge in [0.15, 0.2) is 5.78 Å². The van der Waals surface area contributed by atoms with Crippen molar-refractivity contribution in [1.29, 1.82) is 0 Å². The zero-order valence-corrected chi connectivity index (χ0v) is 11.5. The van der Waals surface area contributed by atoms with Crippen LogP contribution in [0.15, 0.2) is 53.4 Å². The third-order valence-electron chi connectivity index (χ3n) is 3.50. The van der Waals surface area contributed by atoms with Gasteiger partial charge in [-0.05, 0) is 11.6 Å². The molecule has 2 aromatic rings. The highest BCUT2D eigenvalue weighted by atomic mass is 16.5. The second-order valence-electron chi connectivity index (χ2n) is 5.13. The van der Waals surface area contributed by atoms with Gasteiger partial charge in [-0.3, -0.25) is 9.69 Å². The second kappa shape index (κ2) is 6.03. The normalized spacial score (nSPS) is 19.3. The molecule has 0 radical (unpaired) electrons. The van der Waals surface area contributed by atoms with Crippen molar-refractivity contribution in [3.63, 3.8) is 0 Å². The minimum absolute atomic E-state index is 0.0503. The molecule has 21 heavy (non-hydrogen) atoms. The van der Waals surface area contributed by atoms with E-state index in [4.69, 9.17) is 4.52 Å². The number of rotatable bonds is 4. The third-order valence-corrected chi connectivity index (χ3v) is 3.50. The van der Waals surface area contributed by atoms with E-state index < -0.39 is 6.10 Å². The predicted molar refractivity (Wildman–Crippen MR) is 77.7 cm³/mol. The molecule has 108 valence electrons. The van der Waals surface area contributed by atoms with Crippen LogP contribution in [-0.4, -0.2) is 46.7 Å². The number of aliphatic hydroxyl groups is 1. The SMILES string of the molecule is O=C(CN1CC(c2cnoc2)=CC(O)C1)c1ccccc1. The van der Waals surface area contributed by atoms with Crippen molar-refractivity contribution in [2.45, 2.75) is 6.10 Å². The van der Waals surface area contributed by atoms with Crippen LogP contribution in [0.1, 0.15) is 15.9 Å². The van der Waals surface area contributed by atoms with Crippen molar-refractivity contribution in [2.75, 3.05) is 19.6 Å². The Morgan fingerprint density at radius 3 is 2.90 bits per heavy atom. The maximum atomic E-state index is 12.2. The molecule has 1 aromatic heterocycles. The smallest absolute Gasteiger partial charge is 0.176 e. The van der Waals surface area contributed by atoms with Gasteiger partial charge >= 0.3 is 0 Å². The van der Waals surface area contributed by atoms with Crippen LogP contribution in [0.25, 0.3) is 5.57 Å².